The number of halogens is 3. The van der Waals surface area contributed by atoms with Gasteiger partial charge in [0, 0.05) is 24.3 Å². The second-order valence-electron chi connectivity index (χ2n) is 4.87. The standard InChI is InChI=1S/C13H17F3N2/c1-9-8-11(17)6-7-18(9)12-4-2-10(3-5-12)13(14,15)16/h2-5,9,11H,6-8,17H2,1H3. The van der Waals surface area contributed by atoms with Crippen molar-refractivity contribution in [3.05, 3.63) is 29.8 Å². The first-order chi connectivity index (χ1) is 8.38. The fraction of sp³-hybridized carbons (Fsp3) is 0.538. The highest BCUT2D eigenvalue weighted by Crippen LogP contribution is 2.31. The normalized spacial score (nSPS) is 25.3. The molecule has 0 amide bonds. The van der Waals surface area contributed by atoms with E-state index in [1.54, 1.807) is 0 Å². The molecule has 18 heavy (non-hydrogen) atoms. The molecule has 0 bridgehead atoms. The zero-order valence-corrected chi connectivity index (χ0v) is 10.2. The molecule has 100 valence electrons. The minimum Gasteiger partial charge on any atom is -0.369 e. The van der Waals surface area contributed by atoms with Gasteiger partial charge in [0.25, 0.3) is 0 Å². The highest BCUT2D eigenvalue weighted by molar-refractivity contribution is 5.49. The van der Waals surface area contributed by atoms with Crippen LogP contribution in [0, 0.1) is 0 Å². The summed E-state index contributed by atoms with van der Waals surface area (Å²) in [6.45, 7) is 2.85. The first kappa shape index (κ1) is 13.2. The number of anilines is 1. The molecule has 0 radical (unpaired) electrons. The molecule has 1 aromatic rings. The maximum Gasteiger partial charge on any atom is 0.416 e. The number of benzene rings is 1. The molecule has 0 saturated carbocycles. The van der Waals surface area contributed by atoms with Crippen molar-refractivity contribution in [1.82, 2.24) is 0 Å². The molecule has 0 aliphatic carbocycles. The number of nitrogens with two attached hydrogens (primary N) is 1. The Hall–Kier alpha value is -1.23. The van der Waals surface area contributed by atoms with Gasteiger partial charge in [-0.15, -0.1) is 0 Å². The van der Waals surface area contributed by atoms with Crippen molar-refractivity contribution in [1.29, 1.82) is 0 Å². The number of hydrogen-bond donors (Lipinski definition) is 1. The van der Waals surface area contributed by atoms with Crippen LogP contribution in [0.5, 0.6) is 0 Å². The summed E-state index contributed by atoms with van der Waals surface area (Å²) in [5.74, 6) is 0. The SMILES string of the molecule is CC1CC(N)CCN1c1ccc(C(F)(F)F)cc1. The molecule has 1 heterocycles. The Morgan fingerprint density at radius 3 is 2.33 bits per heavy atom. The third-order valence-corrected chi connectivity index (χ3v) is 3.44. The highest BCUT2D eigenvalue weighted by atomic mass is 19.4. The molecule has 2 atom stereocenters. The molecule has 2 unspecified atom stereocenters. The van der Waals surface area contributed by atoms with Gasteiger partial charge >= 0.3 is 6.18 Å². The predicted octanol–water partition coefficient (Wildman–Crippen LogP) is 3.02. The van der Waals surface area contributed by atoms with Crippen LogP contribution in [0.15, 0.2) is 24.3 Å². The minimum absolute atomic E-state index is 0.200. The maximum absolute atomic E-state index is 12.5. The molecule has 0 spiro atoms. The number of nitrogens with zero attached hydrogens (tertiary/aromatic N) is 1. The third kappa shape index (κ3) is 2.77. The van der Waals surface area contributed by atoms with Crippen LogP contribution in [0.3, 0.4) is 0 Å². The fourth-order valence-corrected chi connectivity index (χ4v) is 2.43. The van der Waals surface area contributed by atoms with E-state index in [-0.39, 0.29) is 12.1 Å². The summed E-state index contributed by atoms with van der Waals surface area (Å²) in [6, 6.07) is 5.82. The van der Waals surface area contributed by atoms with Crippen molar-refractivity contribution in [3.8, 4) is 0 Å². The fourth-order valence-electron chi connectivity index (χ4n) is 2.43. The van der Waals surface area contributed by atoms with Crippen molar-refractivity contribution in [2.75, 3.05) is 11.4 Å². The molecule has 2 rings (SSSR count). The second-order valence-corrected chi connectivity index (χ2v) is 4.87. The van der Waals surface area contributed by atoms with E-state index in [1.807, 2.05) is 0 Å². The summed E-state index contributed by atoms with van der Waals surface area (Å²) in [6.07, 6.45) is -2.51. The average Bonchev–Trinajstić information content (AvgIpc) is 2.28. The summed E-state index contributed by atoms with van der Waals surface area (Å²) in [4.78, 5) is 2.11. The largest absolute Gasteiger partial charge is 0.416 e. The summed E-state index contributed by atoms with van der Waals surface area (Å²) in [5.41, 5.74) is 6.10. The van der Waals surface area contributed by atoms with Crippen LogP contribution in [-0.4, -0.2) is 18.6 Å². The maximum atomic E-state index is 12.5. The Bertz CT molecular complexity index is 400. The van der Waals surface area contributed by atoms with E-state index in [1.165, 1.54) is 12.1 Å². The first-order valence-electron chi connectivity index (χ1n) is 6.07. The van der Waals surface area contributed by atoms with E-state index in [2.05, 4.69) is 11.8 Å². The summed E-state index contributed by atoms with van der Waals surface area (Å²) >= 11 is 0. The van der Waals surface area contributed by atoms with Crippen molar-refractivity contribution < 1.29 is 13.2 Å². The number of piperidine rings is 1. The first-order valence-corrected chi connectivity index (χ1v) is 6.07. The van der Waals surface area contributed by atoms with Crippen LogP contribution in [0.4, 0.5) is 18.9 Å². The molecular weight excluding hydrogens is 241 g/mol. The van der Waals surface area contributed by atoms with Crippen LogP contribution in [0.1, 0.15) is 25.3 Å². The lowest BCUT2D eigenvalue weighted by molar-refractivity contribution is -0.137. The molecule has 1 aliphatic rings. The summed E-state index contributed by atoms with van der Waals surface area (Å²) in [5, 5.41) is 0. The van der Waals surface area contributed by atoms with Crippen LogP contribution in [-0.2, 0) is 6.18 Å². The molecule has 2 nitrogen and oxygen atoms in total. The lowest BCUT2D eigenvalue weighted by atomic mass is 9.98. The summed E-state index contributed by atoms with van der Waals surface area (Å²) in [7, 11) is 0. The molecule has 1 fully saturated rings. The van der Waals surface area contributed by atoms with Crippen LogP contribution >= 0.6 is 0 Å². The Morgan fingerprint density at radius 2 is 1.83 bits per heavy atom. The zero-order valence-electron chi connectivity index (χ0n) is 10.2. The lowest BCUT2D eigenvalue weighted by Crippen LogP contribution is -2.45. The molecular formula is C13H17F3N2. The Labute approximate surface area is 105 Å². The highest BCUT2D eigenvalue weighted by Gasteiger charge is 2.30. The Kier molecular flexibility index (Phi) is 3.52. The van der Waals surface area contributed by atoms with E-state index in [9.17, 15) is 13.2 Å². The second kappa shape index (κ2) is 4.80. The molecule has 1 aliphatic heterocycles. The number of hydrogen-bond acceptors (Lipinski definition) is 2. The van der Waals surface area contributed by atoms with E-state index in [0.29, 0.717) is 0 Å². The van der Waals surface area contributed by atoms with Crippen LogP contribution in [0.2, 0.25) is 0 Å². The molecule has 1 saturated heterocycles. The van der Waals surface area contributed by atoms with Crippen molar-refractivity contribution >= 4 is 5.69 Å². The predicted molar refractivity (Wildman–Crippen MR) is 65.5 cm³/mol. The van der Waals surface area contributed by atoms with Crippen LogP contribution in [0.25, 0.3) is 0 Å². The van der Waals surface area contributed by atoms with Crippen LogP contribution < -0.4 is 10.6 Å². The van der Waals surface area contributed by atoms with Gasteiger partial charge < -0.3 is 10.6 Å². The van der Waals surface area contributed by atoms with E-state index in [4.69, 9.17) is 5.73 Å². The Balaban J connectivity index is 2.15. The number of alkyl halides is 3. The zero-order chi connectivity index (χ0) is 13.3. The van der Waals surface area contributed by atoms with Crippen molar-refractivity contribution in [2.45, 2.75) is 38.0 Å². The van der Waals surface area contributed by atoms with Crippen molar-refractivity contribution in [2.24, 2.45) is 5.73 Å². The molecule has 2 N–H and O–H groups in total. The van der Waals surface area contributed by atoms with Gasteiger partial charge in [-0.3, -0.25) is 0 Å². The smallest absolute Gasteiger partial charge is 0.369 e. The van der Waals surface area contributed by atoms with E-state index in [0.717, 1.165) is 37.2 Å². The quantitative estimate of drug-likeness (QED) is 0.839. The van der Waals surface area contributed by atoms with E-state index < -0.39 is 11.7 Å². The summed E-state index contributed by atoms with van der Waals surface area (Å²) < 4.78 is 37.4. The van der Waals surface area contributed by atoms with Gasteiger partial charge in [-0.1, -0.05) is 0 Å². The topological polar surface area (TPSA) is 29.3 Å². The molecule has 5 heteroatoms. The average molecular weight is 258 g/mol. The monoisotopic (exact) mass is 258 g/mol. The third-order valence-electron chi connectivity index (χ3n) is 3.44. The van der Waals surface area contributed by atoms with Gasteiger partial charge in [-0.2, -0.15) is 13.2 Å². The van der Waals surface area contributed by atoms with Gasteiger partial charge in [-0.25, -0.2) is 0 Å². The minimum atomic E-state index is -4.27. The van der Waals surface area contributed by atoms with Gasteiger partial charge in [-0.05, 0) is 44.0 Å². The lowest BCUT2D eigenvalue weighted by Gasteiger charge is -2.38. The Morgan fingerprint density at radius 1 is 1.22 bits per heavy atom. The molecule has 1 aromatic carbocycles. The van der Waals surface area contributed by atoms with Gasteiger partial charge in [0.05, 0.1) is 5.56 Å². The molecule has 0 aromatic heterocycles. The van der Waals surface area contributed by atoms with Gasteiger partial charge in [0.15, 0.2) is 0 Å². The van der Waals surface area contributed by atoms with Gasteiger partial charge in [0.2, 0.25) is 0 Å². The number of rotatable bonds is 1. The van der Waals surface area contributed by atoms with E-state index >= 15 is 0 Å². The van der Waals surface area contributed by atoms with Crippen molar-refractivity contribution in [3.63, 3.8) is 0 Å². The van der Waals surface area contributed by atoms with Gasteiger partial charge in [0.1, 0.15) is 0 Å².